The van der Waals surface area contributed by atoms with Crippen LogP contribution in [0.2, 0.25) is 0 Å². The third kappa shape index (κ3) is 8.88. The van der Waals surface area contributed by atoms with Gasteiger partial charge < -0.3 is 10.6 Å². The molecule has 2 heteroatoms. The Balaban J connectivity index is 3.53. The maximum absolute atomic E-state index is 5.54. The van der Waals surface area contributed by atoms with Crippen LogP contribution in [0, 0.1) is 11.8 Å². The molecule has 92 valence electrons. The molecule has 0 spiro atoms. The van der Waals surface area contributed by atoms with Crippen molar-refractivity contribution in [2.24, 2.45) is 17.6 Å². The summed E-state index contributed by atoms with van der Waals surface area (Å²) in [5, 5.41) is 0. The minimum absolute atomic E-state index is 0.784. The maximum Gasteiger partial charge on any atom is 0.000427 e. The van der Waals surface area contributed by atoms with Crippen molar-refractivity contribution in [2.45, 2.75) is 47.0 Å². The van der Waals surface area contributed by atoms with Gasteiger partial charge >= 0.3 is 0 Å². The summed E-state index contributed by atoms with van der Waals surface area (Å²) in [5.41, 5.74) is 5.54. The lowest BCUT2D eigenvalue weighted by molar-refractivity contribution is 0.245. The molecule has 0 heterocycles. The molecule has 0 rings (SSSR count). The SMILES string of the molecule is CCN(CCCC(C)CCN)CC(C)C. The second-order valence-electron chi connectivity index (χ2n) is 5.11. The van der Waals surface area contributed by atoms with Gasteiger partial charge in [-0.1, -0.05) is 27.7 Å². The zero-order valence-corrected chi connectivity index (χ0v) is 11.1. The average Bonchev–Trinajstić information content (AvgIpc) is 2.16. The van der Waals surface area contributed by atoms with Crippen molar-refractivity contribution < 1.29 is 0 Å². The smallest absolute Gasteiger partial charge is 0.000427 e. The first-order valence-corrected chi connectivity index (χ1v) is 6.52. The third-order valence-electron chi connectivity index (χ3n) is 2.90. The Bertz CT molecular complexity index is 134. The van der Waals surface area contributed by atoms with E-state index in [1.54, 1.807) is 0 Å². The Morgan fingerprint density at radius 3 is 2.27 bits per heavy atom. The van der Waals surface area contributed by atoms with E-state index in [1.165, 1.54) is 38.9 Å². The minimum atomic E-state index is 0.784. The van der Waals surface area contributed by atoms with Gasteiger partial charge in [0, 0.05) is 6.54 Å². The van der Waals surface area contributed by atoms with E-state index >= 15 is 0 Å². The Morgan fingerprint density at radius 2 is 1.80 bits per heavy atom. The summed E-state index contributed by atoms with van der Waals surface area (Å²) in [4.78, 5) is 2.56. The second-order valence-corrected chi connectivity index (χ2v) is 5.11. The molecule has 0 aliphatic heterocycles. The summed E-state index contributed by atoms with van der Waals surface area (Å²) in [5.74, 6) is 1.58. The monoisotopic (exact) mass is 214 g/mol. The second kappa shape index (κ2) is 9.17. The van der Waals surface area contributed by atoms with Crippen LogP contribution in [0.15, 0.2) is 0 Å². The van der Waals surface area contributed by atoms with Gasteiger partial charge in [-0.15, -0.1) is 0 Å². The van der Waals surface area contributed by atoms with Gasteiger partial charge in [0.05, 0.1) is 0 Å². The van der Waals surface area contributed by atoms with E-state index in [1.807, 2.05) is 0 Å². The standard InChI is InChI=1S/C13H30N2/c1-5-15(11-12(2)3)10-6-7-13(4)8-9-14/h12-13H,5-11,14H2,1-4H3. The molecule has 0 bridgehead atoms. The van der Waals surface area contributed by atoms with Gasteiger partial charge in [-0.05, 0) is 50.7 Å². The van der Waals surface area contributed by atoms with Gasteiger partial charge in [0.1, 0.15) is 0 Å². The summed E-state index contributed by atoms with van der Waals surface area (Å²) in [6, 6.07) is 0. The van der Waals surface area contributed by atoms with Crippen LogP contribution in [0.25, 0.3) is 0 Å². The lowest BCUT2D eigenvalue weighted by Crippen LogP contribution is -2.28. The molecular weight excluding hydrogens is 184 g/mol. The van der Waals surface area contributed by atoms with Crippen LogP contribution >= 0.6 is 0 Å². The first-order valence-electron chi connectivity index (χ1n) is 6.52. The molecule has 0 amide bonds. The maximum atomic E-state index is 5.54. The molecule has 1 atom stereocenters. The predicted octanol–water partition coefficient (Wildman–Crippen LogP) is 2.73. The van der Waals surface area contributed by atoms with Gasteiger partial charge in [0.25, 0.3) is 0 Å². The molecule has 0 aromatic heterocycles. The molecule has 0 aromatic rings. The Hall–Kier alpha value is -0.0800. The molecule has 2 N–H and O–H groups in total. The number of nitrogens with two attached hydrogens (primary N) is 1. The van der Waals surface area contributed by atoms with Crippen molar-refractivity contribution in [3.63, 3.8) is 0 Å². The highest BCUT2D eigenvalue weighted by atomic mass is 15.1. The lowest BCUT2D eigenvalue weighted by Gasteiger charge is -2.23. The fourth-order valence-electron chi connectivity index (χ4n) is 1.99. The Labute approximate surface area is 96.2 Å². The Morgan fingerprint density at radius 1 is 1.13 bits per heavy atom. The first-order chi connectivity index (χ1) is 7.10. The summed E-state index contributed by atoms with van der Waals surface area (Å²) in [7, 11) is 0. The largest absolute Gasteiger partial charge is 0.330 e. The van der Waals surface area contributed by atoms with Crippen LogP contribution in [-0.2, 0) is 0 Å². The van der Waals surface area contributed by atoms with Crippen LogP contribution in [0.1, 0.15) is 47.0 Å². The van der Waals surface area contributed by atoms with Gasteiger partial charge in [0.2, 0.25) is 0 Å². The average molecular weight is 214 g/mol. The zero-order chi connectivity index (χ0) is 11.7. The molecular formula is C13H30N2. The topological polar surface area (TPSA) is 29.3 Å². The molecule has 0 aliphatic carbocycles. The number of nitrogens with zero attached hydrogens (tertiary/aromatic N) is 1. The van der Waals surface area contributed by atoms with Gasteiger partial charge in [-0.2, -0.15) is 0 Å². The molecule has 15 heavy (non-hydrogen) atoms. The van der Waals surface area contributed by atoms with E-state index in [0.29, 0.717) is 0 Å². The molecule has 0 saturated carbocycles. The highest BCUT2D eigenvalue weighted by molar-refractivity contribution is 4.60. The van der Waals surface area contributed by atoms with E-state index in [2.05, 4.69) is 32.6 Å². The number of rotatable bonds is 9. The lowest BCUT2D eigenvalue weighted by atomic mass is 10.0. The van der Waals surface area contributed by atoms with Crippen LogP contribution in [-0.4, -0.2) is 31.1 Å². The van der Waals surface area contributed by atoms with Crippen molar-refractivity contribution in [3.8, 4) is 0 Å². The van der Waals surface area contributed by atoms with Crippen molar-refractivity contribution in [3.05, 3.63) is 0 Å². The fourth-order valence-corrected chi connectivity index (χ4v) is 1.99. The minimum Gasteiger partial charge on any atom is -0.330 e. The molecule has 0 fully saturated rings. The predicted molar refractivity (Wildman–Crippen MR) is 69.0 cm³/mol. The number of hydrogen-bond acceptors (Lipinski definition) is 2. The summed E-state index contributed by atoms with van der Waals surface area (Å²) in [6.07, 6.45) is 3.82. The van der Waals surface area contributed by atoms with Gasteiger partial charge in [-0.25, -0.2) is 0 Å². The van der Waals surface area contributed by atoms with Crippen LogP contribution in [0.4, 0.5) is 0 Å². The molecule has 2 nitrogen and oxygen atoms in total. The molecule has 0 saturated heterocycles. The van der Waals surface area contributed by atoms with E-state index in [9.17, 15) is 0 Å². The van der Waals surface area contributed by atoms with E-state index < -0.39 is 0 Å². The molecule has 1 unspecified atom stereocenters. The quantitative estimate of drug-likeness (QED) is 0.639. The third-order valence-corrected chi connectivity index (χ3v) is 2.90. The van der Waals surface area contributed by atoms with E-state index in [0.717, 1.165) is 18.4 Å². The van der Waals surface area contributed by atoms with Gasteiger partial charge in [-0.3, -0.25) is 0 Å². The summed E-state index contributed by atoms with van der Waals surface area (Å²) in [6.45, 7) is 13.7. The normalized spacial score (nSPS) is 13.8. The van der Waals surface area contributed by atoms with Gasteiger partial charge in [0.15, 0.2) is 0 Å². The summed E-state index contributed by atoms with van der Waals surface area (Å²) < 4.78 is 0. The van der Waals surface area contributed by atoms with E-state index in [4.69, 9.17) is 5.73 Å². The highest BCUT2D eigenvalue weighted by Gasteiger charge is 2.06. The Kier molecular flexibility index (Phi) is 9.12. The van der Waals surface area contributed by atoms with Crippen LogP contribution in [0.5, 0.6) is 0 Å². The molecule has 0 aliphatic rings. The molecule has 0 aromatic carbocycles. The van der Waals surface area contributed by atoms with Crippen molar-refractivity contribution in [2.75, 3.05) is 26.2 Å². The van der Waals surface area contributed by atoms with Crippen molar-refractivity contribution in [1.82, 2.24) is 4.90 Å². The van der Waals surface area contributed by atoms with Crippen molar-refractivity contribution >= 4 is 0 Å². The number of hydrogen-bond donors (Lipinski definition) is 1. The highest BCUT2D eigenvalue weighted by Crippen LogP contribution is 2.10. The van der Waals surface area contributed by atoms with E-state index in [-0.39, 0.29) is 0 Å². The molecule has 0 radical (unpaired) electrons. The summed E-state index contributed by atoms with van der Waals surface area (Å²) >= 11 is 0. The zero-order valence-electron chi connectivity index (χ0n) is 11.1. The van der Waals surface area contributed by atoms with Crippen LogP contribution in [0.3, 0.4) is 0 Å². The fraction of sp³-hybridized carbons (Fsp3) is 1.00. The first kappa shape index (κ1) is 14.9. The van der Waals surface area contributed by atoms with Crippen molar-refractivity contribution in [1.29, 1.82) is 0 Å². The van der Waals surface area contributed by atoms with Crippen LogP contribution < -0.4 is 5.73 Å².